The molecule has 0 heterocycles. The number of hydrogen-bond donors (Lipinski definition) is 3. The van der Waals surface area contributed by atoms with Gasteiger partial charge in [0.1, 0.15) is 0 Å². The van der Waals surface area contributed by atoms with E-state index in [1.807, 2.05) is 31.2 Å². The Morgan fingerprint density at radius 1 is 1.15 bits per heavy atom. The van der Waals surface area contributed by atoms with Crippen molar-refractivity contribution in [2.75, 3.05) is 29.9 Å². The van der Waals surface area contributed by atoms with Gasteiger partial charge in [0.05, 0.1) is 11.5 Å². The van der Waals surface area contributed by atoms with Crippen LogP contribution in [0.5, 0.6) is 0 Å². The molecule has 1 aromatic carbocycles. The number of nitrogens with two attached hydrogens (primary N) is 1. The molecular formula is C14H21N3O2S. The number of anilines is 1. The van der Waals surface area contributed by atoms with E-state index in [1.54, 1.807) is 0 Å². The molecule has 0 aliphatic heterocycles. The Hall–Kier alpha value is -1.53. The highest BCUT2D eigenvalue weighted by Gasteiger charge is 2.05. The molecule has 0 aliphatic rings. The lowest BCUT2D eigenvalue weighted by Crippen LogP contribution is -2.28. The molecule has 0 aliphatic carbocycles. The van der Waals surface area contributed by atoms with Crippen LogP contribution in [0.3, 0.4) is 0 Å². The highest BCUT2D eigenvalue weighted by molar-refractivity contribution is 8.00. The van der Waals surface area contributed by atoms with Crippen molar-refractivity contribution in [3.8, 4) is 0 Å². The van der Waals surface area contributed by atoms with E-state index in [9.17, 15) is 9.59 Å². The molecule has 0 spiro atoms. The molecule has 0 bridgehead atoms. The SMILES string of the molecule is Cc1ccc(NC(=O)CSCC(=O)NCCCN)cc1. The summed E-state index contributed by atoms with van der Waals surface area (Å²) in [4.78, 5) is 23.0. The van der Waals surface area contributed by atoms with Crippen LogP contribution in [0.2, 0.25) is 0 Å². The molecule has 0 unspecified atom stereocenters. The molecule has 0 saturated heterocycles. The minimum Gasteiger partial charge on any atom is -0.355 e. The monoisotopic (exact) mass is 295 g/mol. The van der Waals surface area contributed by atoms with Gasteiger partial charge < -0.3 is 16.4 Å². The summed E-state index contributed by atoms with van der Waals surface area (Å²) in [6.07, 6.45) is 0.768. The van der Waals surface area contributed by atoms with E-state index in [1.165, 1.54) is 11.8 Å². The zero-order valence-electron chi connectivity index (χ0n) is 11.6. The second kappa shape index (κ2) is 9.39. The molecule has 20 heavy (non-hydrogen) atoms. The fourth-order valence-corrected chi connectivity index (χ4v) is 2.10. The lowest BCUT2D eigenvalue weighted by molar-refractivity contribution is -0.118. The number of rotatable bonds is 8. The van der Waals surface area contributed by atoms with Crippen LogP contribution >= 0.6 is 11.8 Å². The van der Waals surface area contributed by atoms with E-state index in [2.05, 4.69) is 10.6 Å². The van der Waals surface area contributed by atoms with Gasteiger partial charge in [-0.05, 0) is 32.0 Å². The van der Waals surface area contributed by atoms with Crippen molar-refractivity contribution in [1.29, 1.82) is 0 Å². The second-order valence-electron chi connectivity index (χ2n) is 4.40. The molecule has 0 fully saturated rings. The number of carbonyl (C=O) groups excluding carboxylic acids is 2. The number of aryl methyl sites for hydroxylation is 1. The zero-order valence-corrected chi connectivity index (χ0v) is 12.5. The topological polar surface area (TPSA) is 84.2 Å². The number of hydrogen-bond acceptors (Lipinski definition) is 4. The quantitative estimate of drug-likeness (QED) is 0.628. The summed E-state index contributed by atoms with van der Waals surface area (Å²) in [5, 5.41) is 5.53. The first kappa shape index (κ1) is 16.5. The molecule has 0 aromatic heterocycles. The van der Waals surface area contributed by atoms with Crippen LogP contribution in [0, 0.1) is 6.92 Å². The number of amides is 2. The first-order valence-corrected chi connectivity index (χ1v) is 7.68. The summed E-state index contributed by atoms with van der Waals surface area (Å²) < 4.78 is 0. The Morgan fingerprint density at radius 2 is 1.80 bits per heavy atom. The van der Waals surface area contributed by atoms with Crippen molar-refractivity contribution in [3.05, 3.63) is 29.8 Å². The third-order valence-electron chi connectivity index (χ3n) is 2.50. The standard InChI is InChI=1S/C14H21N3O2S/c1-11-3-5-12(6-4-11)17-14(19)10-20-9-13(18)16-8-2-7-15/h3-6H,2,7-10,15H2,1H3,(H,16,18)(H,17,19). The smallest absolute Gasteiger partial charge is 0.234 e. The van der Waals surface area contributed by atoms with Gasteiger partial charge in [-0.3, -0.25) is 9.59 Å². The lowest BCUT2D eigenvalue weighted by atomic mass is 10.2. The Labute approximate surface area is 123 Å². The first-order valence-electron chi connectivity index (χ1n) is 6.53. The third kappa shape index (κ3) is 7.16. The van der Waals surface area contributed by atoms with Gasteiger partial charge in [0.15, 0.2) is 0 Å². The van der Waals surface area contributed by atoms with E-state index < -0.39 is 0 Å². The summed E-state index contributed by atoms with van der Waals surface area (Å²) in [5.74, 6) is 0.379. The van der Waals surface area contributed by atoms with Crippen molar-refractivity contribution < 1.29 is 9.59 Å². The Bertz CT molecular complexity index is 435. The predicted molar refractivity (Wildman–Crippen MR) is 83.8 cm³/mol. The van der Waals surface area contributed by atoms with E-state index >= 15 is 0 Å². The maximum atomic E-state index is 11.7. The maximum absolute atomic E-state index is 11.7. The highest BCUT2D eigenvalue weighted by atomic mass is 32.2. The largest absolute Gasteiger partial charge is 0.355 e. The zero-order chi connectivity index (χ0) is 14.8. The Balaban J connectivity index is 2.17. The van der Waals surface area contributed by atoms with Gasteiger partial charge in [-0.15, -0.1) is 11.8 Å². The van der Waals surface area contributed by atoms with E-state index in [0.717, 1.165) is 17.7 Å². The molecule has 6 heteroatoms. The average molecular weight is 295 g/mol. The summed E-state index contributed by atoms with van der Waals surface area (Å²) in [5.41, 5.74) is 7.24. The van der Waals surface area contributed by atoms with E-state index in [-0.39, 0.29) is 23.3 Å². The summed E-state index contributed by atoms with van der Waals surface area (Å²) >= 11 is 1.29. The first-order chi connectivity index (χ1) is 9.61. The molecule has 0 atom stereocenters. The van der Waals surface area contributed by atoms with Crippen molar-refractivity contribution in [3.63, 3.8) is 0 Å². The van der Waals surface area contributed by atoms with Crippen LogP contribution in [0.4, 0.5) is 5.69 Å². The van der Waals surface area contributed by atoms with Crippen LogP contribution in [-0.2, 0) is 9.59 Å². The normalized spacial score (nSPS) is 10.1. The van der Waals surface area contributed by atoms with Crippen molar-refractivity contribution in [1.82, 2.24) is 5.32 Å². The van der Waals surface area contributed by atoms with Crippen LogP contribution in [0.1, 0.15) is 12.0 Å². The van der Waals surface area contributed by atoms with Gasteiger partial charge >= 0.3 is 0 Å². The predicted octanol–water partition coefficient (Wildman–Crippen LogP) is 1.13. The fourth-order valence-electron chi connectivity index (χ4n) is 1.45. The fraction of sp³-hybridized carbons (Fsp3) is 0.429. The molecule has 4 N–H and O–H groups in total. The molecule has 0 saturated carbocycles. The summed E-state index contributed by atoms with van der Waals surface area (Å²) in [6, 6.07) is 7.59. The second-order valence-corrected chi connectivity index (χ2v) is 5.38. The Kier molecular flexibility index (Phi) is 7.75. The van der Waals surface area contributed by atoms with Crippen molar-refractivity contribution in [2.45, 2.75) is 13.3 Å². The summed E-state index contributed by atoms with van der Waals surface area (Å²) in [6.45, 7) is 3.14. The van der Waals surface area contributed by atoms with E-state index in [0.29, 0.717) is 13.1 Å². The number of benzene rings is 1. The van der Waals surface area contributed by atoms with Gasteiger partial charge in [-0.1, -0.05) is 17.7 Å². The average Bonchev–Trinajstić information content (AvgIpc) is 2.42. The van der Waals surface area contributed by atoms with Crippen LogP contribution in [0.15, 0.2) is 24.3 Å². The molecule has 2 amide bonds. The van der Waals surface area contributed by atoms with Gasteiger partial charge in [0, 0.05) is 12.2 Å². The van der Waals surface area contributed by atoms with Crippen LogP contribution in [0.25, 0.3) is 0 Å². The number of carbonyl (C=O) groups is 2. The lowest BCUT2D eigenvalue weighted by Gasteiger charge is -2.06. The molecular weight excluding hydrogens is 274 g/mol. The minimum atomic E-state index is -0.103. The Morgan fingerprint density at radius 3 is 2.45 bits per heavy atom. The van der Waals surface area contributed by atoms with Crippen molar-refractivity contribution in [2.24, 2.45) is 5.73 Å². The molecule has 110 valence electrons. The minimum absolute atomic E-state index is 0.0633. The number of thioether (sulfide) groups is 1. The molecule has 5 nitrogen and oxygen atoms in total. The van der Waals surface area contributed by atoms with E-state index in [4.69, 9.17) is 5.73 Å². The number of nitrogens with one attached hydrogen (secondary N) is 2. The molecule has 1 aromatic rings. The van der Waals surface area contributed by atoms with Gasteiger partial charge in [-0.2, -0.15) is 0 Å². The van der Waals surface area contributed by atoms with Crippen molar-refractivity contribution >= 4 is 29.3 Å². The summed E-state index contributed by atoms with van der Waals surface area (Å²) in [7, 11) is 0. The highest BCUT2D eigenvalue weighted by Crippen LogP contribution is 2.09. The van der Waals surface area contributed by atoms with Crippen LogP contribution in [-0.4, -0.2) is 36.4 Å². The molecule has 0 radical (unpaired) electrons. The van der Waals surface area contributed by atoms with Gasteiger partial charge in [0.2, 0.25) is 11.8 Å². The van der Waals surface area contributed by atoms with Gasteiger partial charge in [-0.25, -0.2) is 0 Å². The van der Waals surface area contributed by atoms with Crippen LogP contribution < -0.4 is 16.4 Å². The maximum Gasteiger partial charge on any atom is 0.234 e. The molecule has 1 rings (SSSR count). The third-order valence-corrected chi connectivity index (χ3v) is 3.44. The van der Waals surface area contributed by atoms with Gasteiger partial charge in [0.25, 0.3) is 0 Å².